The van der Waals surface area contributed by atoms with Gasteiger partial charge < -0.3 is 16.2 Å². The lowest BCUT2D eigenvalue weighted by Crippen LogP contribution is -2.39. The molecule has 4 N–H and O–H groups in total. The second-order valence-corrected chi connectivity index (χ2v) is 5.88. The van der Waals surface area contributed by atoms with Gasteiger partial charge in [0.25, 0.3) is 0 Å². The van der Waals surface area contributed by atoms with Gasteiger partial charge in [0.2, 0.25) is 5.91 Å². The normalized spacial score (nSPS) is 21.6. The van der Waals surface area contributed by atoms with Crippen LogP contribution in [0.4, 0.5) is 11.4 Å². The van der Waals surface area contributed by atoms with Gasteiger partial charge in [0.05, 0.1) is 23.4 Å². The van der Waals surface area contributed by atoms with Crippen LogP contribution in [0, 0.1) is 5.92 Å². The van der Waals surface area contributed by atoms with Crippen LogP contribution in [-0.2, 0) is 4.79 Å². The molecule has 0 unspecified atom stereocenters. The van der Waals surface area contributed by atoms with Crippen molar-refractivity contribution in [2.24, 2.45) is 5.92 Å². The second kappa shape index (κ2) is 6.43. The van der Waals surface area contributed by atoms with Gasteiger partial charge in [0, 0.05) is 12.2 Å². The first-order valence-corrected chi connectivity index (χ1v) is 7.03. The third-order valence-electron chi connectivity index (χ3n) is 3.46. The zero-order valence-corrected chi connectivity index (χ0v) is 12.2. The fraction of sp³-hybridized carbons (Fsp3) is 0.500. The molecule has 1 aromatic carbocycles. The van der Waals surface area contributed by atoms with Crippen LogP contribution in [0.25, 0.3) is 0 Å². The molecule has 1 amide bonds. The number of carbonyl (C=O) groups is 1. The van der Waals surface area contributed by atoms with Crippen LogP contribution >= 0.6 is 11.6 Å². The number of halogens is 1. The van der Waals surface area contributed by atoms with Crippen LogP contribution in [-0.4, -0.2) is 42.2 Å². The number of anilines is 2. The van der Waals surface area contributed by atoms with Gasteiger partial charge in [-0.1, -0.05) is 11.6 Å². The van der Waals surface area contributed by atoms with E-state index in [1.807, 2.05) is 11.9 Å². The first-order chi connectivity index (χ1) is 9.44. The Bertz CT molecular complexity index is 489. The van der Waals surface area contributed by atoms with Crippen molar-refractivity contribution < 1.29 is 9.90 Å². The molecule has 0 bridgehead atoms. The number of amides is 1. The largest absolute Gasteiger partial charge is 0.399 e. The molecule has 1 aliphatic rings. The lowest BCUT2D eigenvalue weighted by atomic mass is 9.82. The van der Waals surface area contributed by atoms with Crippen LogP contribution in [0.5, 0.6) is 0 Å². The topological polar surface area (TPSA) is 78.6 Å². The van der Waals surface area contributed by atoms with E-state index in [1.165, 1.54) is 0 Å². The summed E-state index contributed by atoms with van der Waals surface area (Å²) in [4.78, 5) is 13.9. The second-order valence-electron chi connectivity index (χ2n) is 5.48. The summed E-state index contributed by atoms with van der Waals surface area (Å²) >= 11 is 6.01. The highest BCUT2D eigenvalue weighted by Gasteiger charge is 2.28. The molecule has 6 heteroatoms. The summed E-state index contributed by atoms with van der Waals surface area (Å²) in [7, 11) is 1.90. The fourth-order valence-corrected chi connectivity index (χ4v) is 2.66. The van der Waals surface area contributed by atoms with E-state index in [-0.39, 0.29) is 12.0 Å². The first-order valence-electron chi connectivity index (χ1n) is 6.65. The summed E-state index contributed by atoms with van der Waals surface area (Å²) in [6.45, 7) is 1.12. The fourth-order valence-electron chi connectivity index (χ4n) is 2.42. The quantitative estimate of drug-likeness (QED) is 0.721. The van der Waals surface area contributed by atoms with Gasteiger partial charge in [-0.2, -0.15) is 0 Å². The Morgan fingerprint density at radius 3 is 2.85 bits per heavy atom. The molecule has 0 saturated heterocycles. The minimum atomic E-state index is -0.157. The number of nitrogen functional groups attached to an aromatic ring is 1. The monoisotopic (exact) mass is 297 g/mol. The number of nitrogens with zero attached hydrogens (tertiary/aromatic N) is 1. The third kappa shape index (κ3) is 4.10. The molecular weight excluding hydrogens is 278 g/mol. The molecule has 0 radical (unpaired) electrons. The van der Waals surface area contributed by atoms with E-state index in [4.69, 9.17) is 17.3 Å². The summed E-state index contributed by atoms with van der Waals surface area (Å²) in [6, 6.07) is 5.00. The number of hydrogen-bond donors (Lipinski definition) is 3. The van der Waals surface area contributed by atoms with E-state index in [0.29, 0.717) is 28.9 Å². The van der Waals surface area contributed by atoms with Crippen LogP contribution in [0.1, 0.15) is 12.8 Å². The van der Waals surface area contributed by atoms with E-state index in [1.54, 1.807) is 18.2 Å². The van der Waals surface area contributed by atoms with Crippen molar-refractivity contribution >= 4 is 28.9 Å². The number of benzene rings is 1. The maximum Gasteiger partial charge on any atom is 0.238 e. The van der Waals surface area contributed by atoms with Crippen molar-refractivity contribution in [1.82, 2.24) is 4.90 Å². The van der Waals surface area contributed by atoms with E-state index in [2.05, 4.69) is 5.32 Å². The SMILES string of the molecule is CN(CC(=O)Nc1ccc(N)cc1Cl)CC1CC(O)C1. The highest BCUT2D eigenvalue weighted by molar-refractivity contribution is 6.34. The van der Waals surface area contributed by atoms with Crippen LogP contribution < -0.4 is 11.1 Å². The molecule has 1 aromatic rings. The number of hydrogen-bond acceptors (Lipinski definition) is 4. The average Bonchev–Trinajstić information content (AvgIpc) is 2.30. The van der Waals surface area contributed by atoms with Gasteiger partial charge in [-0.15, -0.1) is 0 Å². The summed E-state index contributed by atoms with van der Waals surface area (Å²) in [5.74, 6) is 0.377. The Labute approximate surface area is 123 Å². The van der Waals surface area contributed by atoms with Gasteiger partial charge in [-0.25, -0.2) is 0 Å². The van der Waals surface area contributed by atoms with Gasteiger partial charge in [-0.3, -0.25) is 9.69 Å². The molecule has 0 aliphatic heterocycles. The summed E-state index contributed by atoms with van der Waals surface area (Å²) in [5.41, 5.74) is 6.73. The predicted molar refractivity (Wildman–Crippen MR) is 80.7 cm³/mol. The van der Waals surface area contributed by atoms with Crippen LogP contribution in [0.3, 0.4) is 0 Å². The number of likely N-dealkylation sites (N-methyl/N-ethyl adjacent to an activating group) is 1. The Morgan fingerprint density at radius 1 is 1.55 bits per heavy atom. The minimum Gasteiger partial charge on any atom is -0.399 e. The number of nitrogens with two attached hydrogens (primary N) is 1. The number of aliphatic hydroxyl groups is 1. The average molecular weight is 298 g/mol. The molecule has 0 heterocycles. The molecule has 1 fully saturated rings. The number of rotatable bonds is 5. The minimum absolute atomic E-state index is 0.112. The molecule has 0 spiro atoms. The number of nitrogens with one attached hydrogen (secondary N) is 1. The smallest absolute Gasteiger partial charge is 0.238 e. The Balaban J connectivity index is 1.79. The number of carbonyl (C=O) groups excluding carboxylic acids is 1. The Kier molecular flexibility index (Phi) is 4.86. The molecule has 2 rings (SSSR count). The molecule has 110 valence electrons. The Hall–Kier alpha value is -1.30. The maximum atomic E-state index is 11.9. The van der Waals surface area contributed by atoms with Crippen molar-refractivity contribution in [2.45, 2.75) is 18.9 Å². The van der Waals surface area contributed by atoms with Gasteiger partial charge >= 0.3 is 0 Å². The highest BCUT2D eigenvalue weighted by atomic mass is 35.5. The van der Waals surface area contributed by atoms with Gasteiger partial charge in [0.15, 0.2) is 0 Å². The van der Waals surface area contributed by atoms with E-state index in [0.717, 1.165) is 19.4 Å². The third-order valence-corrected chi connectivity index (χ3v) is 3.77. The van der Waals surface area contributed by atoms with E-state index >= 15 is 0 Å². The molecule has 5 nitrogen and oxygen atoms in total. The highest BCUT2D eigenvalue weighted by Crippen LogP contribution is 2.27. The van der Waals surface area contributed by atoms with E-state index < -0.39 is 0 Å². The van der Waals surface area contributed by atoms with Crippen molar-refractivity contribution in [1.29, 1.82) is 0 Å². The van der Waals surface area contributed by atoms with Gasteiger partial charge in [0.1, 0.15) is 0 Å². The van der Waals surface area contributed by atoms with Crippen LogP contribution in [0.15, 0.2) is 18.2 Å². The van der Waals surface area contributed by atoms with Crippen molar-refractivity contribution in [2.75, 3.05) is 31.2 Å². The maximum absolute atomic E-state index is 11.9. The lowest BCUT2D eigenvalue weighted by Gasteiger charge is -2.34. The molecule has 1 saturated carbocycles. The summed E-state index contributed by atoms with van der Waals surface area (Å²) < 4.78 is 0. The zero-order valence-electron chi connectivity index (χ0n) is 11.5. The Morgan fingerprint density at radius 2 is 2.25 bits per heavy atom. The molecule has 0 aromatic heterocycles. The van der Waals surface area contributed by atoms with Crippen LogP contribution in [0.2, 0.25) is 5.02 Å². The molecule has 20 heavy (non-hydrogen) atoms. The van der Waals surface area contributed by atoms with Crippen molar-refractivity contribution in [3.63, 3.8) is 0 Å². The van der Waals surface area contributed by atoms with Gasteiger partial charge in [-0.05, 0) is 44.0 Å². The standard InChI is InChI=1S/C14H20ClN3O2/c1-18(7-9-4-11(19)5-9)8-14(20)17-13-3-2-10(16)6-12(13)15/h2-3,6,9,11,19H,4-5,7-8,16H2,1H3,(H,17,20). The van der Waals surface area contributed by atoms with Crippen molar-refractivity contribution in [3.05, 3.63) is 23.2 Å². The first kappa shape index (κ1) is 15.1. The molecule has 0 atom stereocenters. The number of aliphatic hydroxyl groups excluding tert-OH is 1. The molecular formula is C14H20ClN3O2. The zero-order chi connectivity index (χ0) is 14.7. The van der Waals surface area contributed by atoms with E-state index in [9.17, 15) is 9.90 Å². The lowest BCUT2D eigenvalue weighted by molar-refractivity contribution is -0.117. The predicted octanol–water partition coefficient (Wildman–Crippen LogP) is 1.56. The summed E-state index contributed by atoms with van der Waals surface area (Å²) in [5, 5.41) is 12.4. The molecule has 1 aliphatic carbocycles. The van der Waals surface area contributed by atoms with Crippen molar-refractivity contribution in [3.8, 4) is 0 Å². The summed E-state index contributed by atoms with van der Waals surface area (Å²) in [6.07, 6.45) is 1.50.